The molecule has 9 nitrogen and oxygen atoms in total. The molecule has 3 N–H and O–H groups in total. The number of carbonyl (C=O) groups is 3. The highest BCUT2D eigenvalue weighted by atomic mass is 35.5. The Morgan fingerprint density at radius 1 is 1.10 bits per heavy atom. The average molecular weight is 589 g/mol. The number of likely N-dealkylation sites (tertiary alicyclic amines) is 1. The minimum Gasteiger partial charge on any atom is -0.494 e. The van der Waals surface area contributed by atoms with E-state index in [-0.39, 0.29) is 43.1 Å². The first kappa shape index (κ1) is 32.7. The average Bonchev–Trinajstić information content (AvgIpc) is 2.97. The second kappa shape index (κ2) is 14.9. The number of amides is 3. The van der Waals surface area contributed by atoms with Gasteiger partial charge >= 0.3 is 0 Å². The Balaban J connectivity index is 0.00000462. The zero-order chi connectivity index (χ0) is 28.6. The van der Waals surface area contributed by atoms with E-state index in [1.165, 1.54) is 0 Å². The van der Waals surface area contributed by atoms with Gasteiger partial charge in [0.05, 0.1) is 18.8 Å². The number of rotatable bonds is 10. The van der Waals surface area contributed by atoms with E-state index in [1.54, 1.807) is 43.1 Å². The smallest absolute Gasteiger partial charge is 0.251 e. The fourth-order valence-corrected chi connectivity index (χ4v) is 6.31. The lowest BCUT2D eigenvalue weighted by Gasteiger charge is -2.52. The van der Waals surface area contributed by atoms with Crippen LogP contribution < -0.4 is 15.4 Å². The molecule has 1 atom stereocenters. The summed E-state index contributed by atoms with van der Waals surface area (Å²) in [5.41, 5.74) is -1.17. The number of aliphatic hydroxyl groups is 1. The molecule has 41 heavy (non-hydrogen) atoms. The first-order chi connectivity index (χ1) is 19.3. The van der Waals surface area contributed by atoms with Gasteiger partial charge in [0, 0.05) is 32.1 Å². The minimum absolute atomic E-state index is 0. The molecule has 2 aliphatic heterocycles. The van der Waals surface area contributed by atoms with E-state index in [1.807, 2.05) is 0 Å². The summed E-state index contributed by atoms with van der Waals surface area (Å²) in [5, 5.41) is 16.7. The fraction of sp³-hybridized carbons (Fsp3) is 0.645. The molecule has 3 amide bonds. The molecule has 1 spiro atoms. The maximum Gasteiger partial charge on any atom is 0.251 e. The van der Waals surface area contributed by atoms with Crippen molar-refractivity contribution < 1.29 is 24.2 Å². The molecule has 2 heterocycles. The van der Waals surface area contributed by atoms with Crippen molar-refractivity contribution in [3.8, 4) is 17.6 Å². The van der Waals surface area contributed by atoms with E-state index in [2.05, 4.69) is 27.4 Å². The van der Waals surface area contributed by atoms with Crippen molar-refractivity contribution in [1.29, 1.82) is 0 Å². The molecule has 226 valence electrons. The highest BCUT2D eigenvalue weighted by molar-refractivity contribution is 6.00. The predicted octanol–water partition coefficient (Wildman–Crippen LogP) is 2.90. The van der Waals surface area contributed by atoms with E-state index < -0.39 is 17.2 Å². The highest BCUT2D eigenvalue weighted by Crippen LogP contribution is 2.37. The van der Waals surface area contributed by atoms with E-state index in [4.69, 9.17) is 4.74 Å². The van der Waals surface area contributed by atoms with Crippen molar-refractivity contribution in [2.45, 2.75) is 88.3 Å². The number of unbranched alkanes of at least 4 members (excludes halogenated alkanes) is 1. The maximum atomic E-state index is 13.7. The van der Waals surface area contributed by atoms with Crippen LogP contribution in [0.3, 0.4) is 0 Å². The molecular weight excluding hydrogens is 544 g/mol. The number of hydrogen-bond acceptors (Lipinski definition) is 6. The zero-order valence-corrected chi connectivity index (χ0v) is 25.2. The molecular formula is C31H45ClN4O5. The molecule has 1 aliphatic carbocycles. The Morgan fingerprint density at radius 2 is 1.78 bits per heavy atom. The van der Waals surface area contributed by atoms with Crippen molar-refractivity contribution >= 4 is 30.1 Å². The highest BCUT2D eigenvalue weighted by Gasteiger charge is 2.54. The Bertz CT molecular complexity index is 1100. The number of nitrogens with one attached hydrogen (secondary N) is 2. The van der Waals surface area contributed by atoms with Gasteiger partial charge in [0.15, 0.2) is 0 Å². The van der Waals surface area contributed by atoms with E-state index in [0.29, 0.717) is 37.9 Å². The second-order valence-electron chi connectivity index (χ2n) is 11.4. The number of hydrogen-bond donors (Lipinski definition) is 3. The molecule has 1 aromatic rings. The van der Waals surface area contributed by atoms with Crippen LogP contribution in [-0.4, -0.2) is 89.6 Å². The van der Waals surface area contributed by atoms with Crippen molar-refractivity contribution in [1.82, 2.24) is 20.4 Å². The molecule has 3 fully saturated rings. The first-order valence-electron chi connectivity index (χ1n) is 14.7. The third-order valence-electron chi connectivity index (χ3n) is 8.76. The molecule has 3 aliphatic rings. The van der Waals surface area contributed by atoms with Crippen LogP contribution in [0.4, 0.5) is 0 Å². The lowest BCUT2D eigenvalue weighted by Crippen LogP contribution is -2.73. The third-order valence-corrected chi connectivity index (χ3v) is 8.76. The molecule has 2 saturated heterocycles. The van der Waals surface area contributed by atoms with Gasteiger partial charge in [-0.15, -0.1) is 18.3 Å². The maximum absolute atomic E-state index is 13.7. The van der Waals surface area contributed by atoms with Gasteiger partial charge in [-0.1, -0.05) is 25.2 Å². The van der Waals surface area contributed by atoms with E-state index >= 15 is 0 Å². The number of piperidine rings is 1. The number of ether oxygens (including phenoxy) is 1. The SMILES string of the molecule is CC#CCN1C(=O)[C@@H](CC2(O)CCCCC2)NC(=O)C12CCN(CCCCOc1ccc(C(=O)NC)cc1)CC2.Cl. The number of carbonyl (C=O) groups excluding carboxylic acids is 3. The van der Waals surface area contributed by atoms with Crippen LogP contribution >= 0.6 is 12.4 Å². The van der Waals surface area contributed by atoms with Crippen LogP contribution in [0, 0.1) is 11.8 Å². The Morgan fingerprint density at radius 3 is 2.41 bits per heavy atom. The topological polar surface area (TPSA) is 111 Å². The van der Waals surface area contributed by atoms with Crippen LogP contribution in [0.5, 0.6) is 5.75 Å². The largest absolute Gasteiger partial charge is 0.494 e. The molecule has 0 unspecified atom stereocenters. The third kappa shape index (κ3) is 7.94. The van der Waals surface area contributed by atoms with Gasteiger partial charge in [0.1, 0.15) is 17.3 Å². The molecule has 1 saturated carbocycles. The van der Waals surface area contributed by atoms with Gasteiger partial charge in [0.25, 0.3) is 5.91 Å². The first-order valence-corrected chi connectivity index (χ1v) is 14.7. The summed E-state index contributed by atoms with van der Waals surface area (Å²) in [7, 11) is 1.61. The van der Waals surface area contributed by atoms with Crippen molar-refractivity contribution in [3.63, 3.8) is 0 Å². The van der Waals surface area contributed by atoms with Gasteiger partial charge in [0.2, 0.25) is 11.8 Å². The molecule has 0 bridgehead atoms. The molecule has 0 radical (unpaired) electrons. The summed E-state index contributed by atoms with van der Waals surface area (Å²) >= 11 is 0. The van der Waals surface area contributed by atoms with Gasteiger partial charge < -0.3 is 30.3 Å². The summed E-state index contributed by atoms with van der Waals surface area (Å²) in [4.78, 5) is 42.9. The van der Waals surface area contributed by atoms with Crippen molar-refractivity contribution in [2.24, 2.45) is 0 Å². The number of benzene rings is 1. The summed E-state index contributed by atoms with van der Waals surface area (Å²) in [5.74, 6) is 6.30. The summed E-state index contributed by atoms with van der Waals surface area (Å²) in [6.07, 6.45) is 7.63. The van der Waals surface area contributed by atoms with Crippen LogP contribution in [0.25, 0.3) is 0 Å². The Kier molecular flexibility index (Phi) is 11.9. The molecule has 10 heteroatoms. The van der Waals surface area contributed by atoms with E-state index in [9.17, 15) is 19.5 Å². The van der Waals surface area contributed by atoms with Crippen molar-refractivity contribution in [2.75, 3.05) is 39.8 Å². The second-order valence-corrected chi connectivity index (χ2v) is 11.4. The standard InChI is InChI=1S/C31H44N4O5.ClH/c1-3-4-19-35-28(37)26(23-30(39)14-6-5-7-15-30)33-29(38)31(35)16-20-34(21-17-31)18-8-9-22-40-25-12-10-24(11-13-25)27(36)32-2;/h10-13,26,39H,5-9,14-23H2,1-2H3,(H,32,36)(H,33,38);1H/t26-;/m1./s1. The lowest BCUT2D eigenvalue weighted by molar-refractivity contribution is -0.162. The monoisotopic (exact) mass is 588 g/mol. The van der Waals surface area contributed by atoms with Crippen LogP contribution in [-0.2, 0) is 9.59 Å². The van der Waals surface area contributed by atoms with Gasteiger partial charge in [-0.2, -0.15) is 0 Å². The Labute approximate surface area is 250 Å². The Hall–Kier alpha value is -2.80. The predicted molar refractivity (Wildman–Crippen MR) is 160 cm³/mol. The van der Waals surface area contributed by atoms with E-state index in [0.717, 1.165) is 57.5 Å². The van der Waals surface area contributed by atoms with Crippen molar-refractivity contribution in [3.05, 3.63) is 29.8 Å². The minimum atomic E-state index is -0.888. The normalized spacial score (nSPS) is 21.7. The molecule has 1 aromatic carbocycles. The zero-order valence-electron chi connectivity index (χ0n) is 24.4. The van der Waals surface area contributed by atoms with Crippen LogP contribution in [0.2, 0.25) is 0 Å². The molecule has 0 aromatic heterocycles. The van der Waals surface area contributed by atoms with Crippen LogP contribution in [0.1, 0.15) is 81.5 Å². The number of nitrogens with zero attached hydrogens (tertiary/aromatic N) is 2. The quantitative estimate of drug-likeness (QED) is 0.286. The van der Waals surface area contributed by atoms with Crippen LogP contribution in [0.15, 0.2) is 24.3 Å². The number of piperazine rings is 1. The summed E-state index contributed by atoms with van der Waals surface area (Å²) in [6.45, 7) is 4.93. The summed E-state index contributed by atoms with van der Waals surface area (Å²) in [6, 6.07) is 6.41. The molecule has 4 rings (SSSR count). The van der Waals surface area contributed by atoms with Gasteiger partial charge in [-0.25, -0.2) is 0 Å². The van der Waals surface area contributed by atoms with Gasteiger partial charge in [-0.05, 0) is 76.3 Å². The summed E-state index contributed by atoms with van der Waals surface area (Å²) < 4.78 is 5.82. The van der Waals surface area contributed by atoms with Gasteiger partial charge in [-0.3, -0.25) is 14.4 Å². The lowest BCUT2D eigenvalue weighted by atomic mass is 9.77. The number of halogens is 1. The fourth-order valence-electron chi connectivity index (χ4n) is 6.31.